The fraction of sp³-hybridized carbons (Fsp3) is 0.0345. The van der Waals surface area contributed by atoms with E-state index in [4.69, 9.17) is 9.72 Å². The number of hydrazine groups is 1. The maximum atomic E-state index is 12.2. The van der Waals surface area contributed by atoms with Gasteiger partial charge in [-0.15, -0.1) is 11.3 Å². The van der Waals surface area contributed by atoms with Crippen LogP contribution in [0.3, 0.4) is 0 Å². The van der Waals surface area contributed by atoms with Crippen molar-refractivity contribution in [1.82, 2.24) is 20.8 Å². The molecule has 3 aromatic carbocycles. The van der Waals surface area contributed by atoms with Gasteiger partial charge in [0.25, 0.3) is 5.91 Å². The summed E-state index contributed by atoms with van der Waals surface area (Å²) in [6.07, 6.45) is 3.03. The number of ether oxygens (including phenoxy) is 1. The summed E-state index contributed by atoms with van der Waals surface area (Å²) in [5, 5.41) is 0.871. The number of benzene rings is 3. The average Bonchev–Trinajstić information content (AvgIpc) is 3.40. The molecule has 37 heavy (non-hydrogen) atoms. The summed E-state index contributed by atoms with van der Waals surface area (Å²) in [5.41, 5.74) is 9.48. The number of amides is 1. The molecule has 0 fully saturated rings. The predicted octanol–water partition coefficient (Wildman–Crippen LogP) is 5.38. The van der Waals surface area contributed by atoms with E-state index in [1.54, 1.807) is 35.6 Å². The lowest BCUT2D eigenvalue weighted by Gasteiger charge is -2.08. The highest BCUT2D eigenvalue weighted by atomic mass is 32.1. The van der Waals surface area contributed by atoms with E-state index in [9.17, 15) is 9.59 Å². The first-order valence-corrected chi connectivity index (χ1v) is 12.3. The van der Waals surface area contributed by atoms with Crippen molar-refractivity contribution in [2.45, 2.75) is 0 Å². The van der Waals surface area contributed by atoms with Gasteiger partial charge in [0.05, 0.1) is 10.6 Å². The third kappa shape index (κ3) is 5.95. The van der Waals surface area contributed by atoms with Gasteiger partial charge in [-0.2, -0.15) is 0 Å². The number of nitrogens with zero attached hydrogens (tertiary/aromatic N) is 2. The fourth-order valence-electron chi connectivity index (χ4n) is 3.63. The number of aromatic nitrogens is 2. The molecule has 1 amide bonds. The molecule has 0 spiro atoms. The van der Waals surface area contributed by atoms with Crippen LogP contribution in [0.25, 0.3) is 32.3 Å². The Morgan fingerprint density at radius 3 is 2.08 bits per heavy atom. The van der Waals surface area contributed by atoms with Crippen molar-refractivity contribution in [1.29, 1.82) is 0 Å². The number of rotatable bonds is 8. The molecule has 0 unspecified atom stereocenters. The lowest BCUT2D eigenvalue weighted by molar-refractivity contribution is -0.133. The minimum Gasteiger partial charge on any atom is -0.426 e. The number of hydrogen-bond donors (Lipinski definition) is 2. The summed E-state index contributed by atoms with van der Waals surface area (Å²) in [4.78, 5) is 34.1. The molecule has 5 rings (SSSR count). The summed E-state index contributed by atoms with van der Waals surface area (Å²) in [5.74, 6) is -0.498. The summed E-state index contributed by atoms with van der Waals surface area (Å²) in [6.45, 7) is -0.189. The number of hydrogen-bond acceptors (Lipinski definition) is 7. The van der Waals surface area contributed by atoms with Gasteiger partial charge >= 0.3 is 5.97 Å². The Kier molecular flexibility index (Phi) is 7.40. The zero-order valence-electron chi connectivity index (χ0n) is 19.6. The quantitative estimate of drug-likeness (QED) is 0.167. The van der Waals surface area contributed by atoms with Gasteiger partial charge in [-0.1, -0.05) is 60.7 Å². The molecule has 0 atom stereocenters. The monoisotopic (exact) mass is 506 g/mol. The van der Waals surface area contributed by atoms with Crippen LogP contribution < -0.4 is 15.6 Å². The normalized spacial score (nSPS) is 10.6. The van der Waals surface area contributed by atoms with Crippen LogP contribution in [0.2, 0.25) is 0 Å². The first-order valence-electron chi connectivity index (χ1n) is 11.5. The SMILES string of the molecule is O=C(CNNC(=O)c1ccncc1)Oc1ccc(-c2nc(-c3ccccc3)c(-c3ccccc3)s2)cc1. The van der Waals surface area contributed by atoms with Crippen LogP contribution in [0, 0.1) is 0 Å². The second-order valence-corrected chi connectivity index (χ2v) is 8.97. The van der Waals surface area contributed by atoms with Crippen LogP contribution in [-0.2, 0) is 4.79 Å². The van der Waals surface area contributed by atoms with E-state index < -0.39 is 5.97 Å². The molecule has 0 radical (unpaired) electrons. The van der Waals surface area contributed by atoms with Crippen LogP contribution in [0.5, 0.6) is 5.75 Å². The van der Waals surface area contributed by atoms with Gasteiger partial charge in [-0.25, -0.2) is 10.4 Å². The van der Waals surface area contributed by atoms with E-state index in [-0.39, 0.29) is 12.5 Å². The molecule has 0 bridgehead atoms. The van der Waals surface area contributed by atoms with Gasteiger partial charge in [0.1, 0.15) is 17.3 Å². The Balaban J connectivity index is 1.26. The molecule has 0 aliphatic heterocycles. The summed E-state index contributed by atoms with van der Waals surface area (Å²) < 4.78 is 5.38. The van der Waals surface area contributed by atoms with Crippen molar-refractivity contribution in [3.8, 4) is 38.0 Å². The fourth-order valence-corrected chi connectivity index (χ4v) is 4.72. The molecule has 2 N–H and O–H groups in total. The Bertz CT molecular complexity index is 1430. The lowest BCUT2D eigenvalue weighted by atomic mass is 10.1. The minimum atomic E-state index is -0.533. The molecule has 0 saturated heterocycles. The van der Waals surface area contributed by atoms with Crippen molar-refractivity contribution < 1.29 is 14.3 Å². The minimum absolute atomic E-state index is 0.189. The number of nitrogens with one attached hydrogen (secondary N) is 2. The first kappa shape index (κ1) is 24.1. The van der Waals surface area contributed by atoms with E-state index in [1.165, 1.54) is 12.4 Å². The highest BCUT2D eigenvalue weighted by molar-refractivity contribution is 7.19. The molecule has 8 heteroatoms. The largest absolute Gasteiger partial charge is 0.426 e. The third-order valence-electron chi connectivity index (χ3n) is 5.42. The zero-order valence-corrected chi connectivity index (χ0v) is 20.4. The Morgan fingerprint density at radius 1 is 0.757 bits per heavy atom. The lowest BCUT2D eigenvalue weighted by Crippen LogP contribution is -2.41. The number of pyridine rings is 1. The third-order valence-corrected chi connectivity index (χ3v) is 6.57. The van der Waals surface area contributed by atoms with Gasteiger partial charge in [-0.3, -0.25) is 20.0 Å². The van der Waals surface area contributed by atoms with Gasteiger partial charge < -0.3 is 4.74 Å². The van der Waals surface area contributed by atoms with Crippen LogP contribution >= 0.6 is 11.3 Å². The number of carbonyl (C=O) groups is 2. The average molecular weight is 507 g/mol. The molecule has 0 aliphatic rings. The predicted molar refractivity (Wildman–Crippen MR) is 144 cm³/mol. The number of carbonyl (C=O) groups excluding carboxylic acids is 2. The number of esters is 1. The summed E-state index contributed by atoms with van der Waals surface area (Å²) in [7, 11) is 0. The molecule has 2 heterocycles. The Hall–Kier alpha value is -4.66. The molecular weight excluding hydrogens is 484 g/mol. The Labute approximate surface area is 217 Å². The van der Waals surface area contributed by atoms with Gasteiger partial charge in [-0.05, 0) is 42.0 Å². The molecule has 7 nitrogen and oxygen atoms in total. The second kappa shape index (κ2) is 11.4. The van der Waals surface area contributed by atoms with Gasteiger partial charge in [0.2, 0.25) is 0 Å². The Morgan fingerprint density at radius 2 is 1.41 bits per heavy atom. The first-order chi connectivity index (χ1) is 18.2. The van der Waals surface area contributed by atoms with Crippen LogP contribution in [0.4, 0.5) is 0 Å². The topological polar surface area (TPSA) is 93.2 Å². The van der Waals surface area contributed by atoms with E-state index in [1.807, 2.05) is 48.5 Å². The molecule has 0 saturated carbocycles. The summed E-state index contributed by atoms with van der Waals surface area (Å²) in [6, 6.07) is 30.7. The van der Waals surface area contributed by atoms with Crippen molar-refractivity contribution in [3.63, 3.8) is 0 Å². The maximum absolute atomic E-state index is 12.2. The van der Waals surface area contributed by atoms with Crippen molar-refractivity contribution in [2.24, 2.45) is 0 Å². The highest BCUT2D eigenvalue weighted by Gasteiger charge is 2.16. The molecule has 2 aromatic heterocycles. The molecular formula is C29H22N4O3S. The van der Waals surface area contributed by atoms with E-state index in [0.29, 0.717) is 11.3 Å². The maximum Gasteiger partial charge on any atom is 0.327 e. The molecule has 0 aliphatic carbocycles. The van der Waals surface area contributed by atoms with Gasteiger partial charge in [0, 0.05) is 29.1 Å². The van der Waals surface area contributed by atoms with E-state index in [2.05, 4.69) is 40.1 Å². The van der Waals surface area contributed by atoms with E-state index >= 15 is 0 Å². The zero-order chi connectivity index (χ0) is 25.5. The van der Waals surface area contributed by atoms with Crippen LogP contribution in [0.1, 0.15) is 10.4 Å². The standard InChI is InChI=1S/C29H22N4O3S/c34-25(19-31-33-28(35)22-15-17-30-18-16-22)36-24-13-11-23(12-14-24)29-32-26(20-7-3-1-4-8-20)27(37-29)21-9-5-2-6-10-21/h1-18,31H,19H2,(H,33,35). The summed E-state index contributed by atoms with van der Waals surface area (Å²) >= 11 is 1.62. The van der Waals surface area contributed by atoms with Crippen molar-refractivity contribution in [3.05, 3.63) is 115 Å². The smallest absolute Gasteiger partial charge is 0.327 e. The van der Waals surface area contributed by atoms with Gasteiger partial charge in [0.15, 0.2) is 0 Å². The van der Waals surface area contributed by atoms with Crippen LogP contribution in [0.15, 0.2) is 109 Å². The van der Waals surface area contributed by atoms with Crippen molar-refractivity contribution >= 4 is 23.2 Å². The van der Waals surface area contributed by atoms with Crippen molar-refractivity contribution in [2.75, 3.05) is 6.54 Å². The molecule has 182 valence electrons. The number of thiazole rings is 1. The highest BCUT2D eigenvalue weighted by Crippen LogP contribution is 2.40. The van der Waals surface area contributed by atoms with E-state index in [0.717, 1.165) is 32.3 Å². The van der Waals surface area contributed by atoms with Crippen LogP contribution in [-0.4, -0.2) is 28.4 Å². The molecule has 5 aromatic rings. The second-order valence-electron chi connectivity index (χ2n) is 7.97.